The molecule has 0 spiro atoms. The molecular weight excluding hydrogens is 248 g/mol. The molecule has 0 fully saturated rings. The summed E-state index contributed by atoms with van der Waals surface area (Å²) in [7, 11) is 0. The molecule has 1 aliphatic heterocycles. The topological polar surface area (TPSA) is 44.3 Å². The Morgan fingerprint density at radius 3 is 2.90 bits per heavy atom. The first-order valence-electron chi connectivity index (χ1n) is 7.72. The molecule has 2 unspecified atom stereocenters. The van der Waals surface area contributed by atoms with Gasteiger partial charge in [-0.2, -0.15) is 0 Å². The third-order valence-corrected chi connectivity index (χ3v) is 3.93. The molecule has 20 heavy (non-hydrogen) atoms. The molecule has 0 aliphatic carbocycles. The van der Waals surface area contributed by atoms with E-state index in [1.807, 2.05) is 6.92 Å². The van der Waals surface area contributed by atoms with Crippen molar-refractivity contribution < 1.29 is 5.11 Å². The van der Waals surface area contributed by atoms with Crippen molar-refractivity contribution in [2.45, 2.75) is 51.8 Å². The van der Waals surface area contributed by atoms with Crippen LogP contribution in [0.3, 0.4) is 0 Å². The molecule has 0 saturated carbocycles. The molecule has 2 atom stereocenters. The highest BCUT2D eigenvalue weighted by Crippen LogP contribution is 2.24. The molecule has 1 aromatic rings. The van der Waals surface area contributed by atoms with Gasteiger partial charge in [0.2, 0.25) is 0 Å². The maximum Gasteiger partial charge on any atom is 0.0746 e. The van der Waals surface area contributed by atoms with Gasteiger partial charge >= 0.3 is 0 Å². The minimum atomic E-state index is -0.636. The zero-order valence-electron chi connectivity index (χ0n) is 12.9. The van der Waals surface area contributed by atoms with Crippen molar-refractivity contribution >= 4 is 0 Å². The fraction of sp³-hybridized carbons (Fsp3) is 0.647. The molecule has 2 rings (SSSR count). The summed E-state index contributed by atoms with van der Waals surface area (Å²) in [6.07, 6.45) is 1.89. The molecule has 112 valence electrons. The van der Waals surface area contributed by atoms with Crippen LogP contribution in [0.4, 0.5) is 0 Å². The third kappa shape index (κ3) is 4.30. The van der Waals surface area contributed by atoms with E-state index in [0.29, 0.717) is 18.5 Å². The van der Waals surface area contributed by atoms with Crippen LogP contribution in [0.15, 0.2) is 24.3 Å². The second-order valence-electron chi connectivity index (χ2n) is 6.69. The van der Waals surface area contributed by atoms with Gasteiger partial charge in [-0.25, -0.2) is 0 Å². The van der Waals surface area contributed by atoms with Crippen molar-refractivity contribution in [2.75, 3.05) is 13.1 Å². The number of aliphatic hydroxyl groups is 1. The molecule has 1 heterocycles. The molecule has 3 nitrogen and oxygen atoms in total. The maximum absolute atomic E-state index is 10.5. The van der Waals surface area contributed by atoms with Gasteiger partial charge < -0.3 is 15.7 Å². The summed E-state index contributed by atoms with van der Waals surface area (Å²) < 4.78 is 0. The first-order chi connectivity index (χ1) is 9.48. The van der Waals surface area contributed by atoms with Gasteiger partial charge in [0.15, 0.2) is 0 Å². The minimum absolute atomic E-state index is 0.333. The van der Waals surface area contributed by atoms with E-state index in [4.69, 9.17) is 0 Å². The van der Waals surface area contributed by atoms with Gasteiger partial charge in [-0.1, -0.05) is 38.1 Å². The minimum Gasteiger partial charge on any atom is -0.389 e. The average molecular weight is 276 g/mol. The van der Waals surface area contributed by atoms with E-state index in [2.05, 4.69) is 48.7 Å². The summed E-state index contributed by atoms with van der Waals surface area (Å²) in [6, 6.07) is 8.93. The van der Waals surface area contributed by atoms with Crippen LogP contribution in [-0.4, -0.2) is 23.8 Å². The quantitative estimate of drug-likeness (QED) is 0.774. The monoisotopic (exact) mass is 276 g/mol. The highest BCUT2D eigenvalue weighted by Gasteiger charge is 2.25. The van der Waals surface area contributed by atoms with E-state index >= 15 is 0 Å². The Hall–Kier alpha value is -0.900. The van der Waals surface area contributed by atoms with Crippen molar-refractivity contribution in [3.63, 3.8) is 0 Å². The molecule has 0 radical (unpaired) electrons. The van der Waals surface area contributed by atoms with Crippen LogP contribution in [0.2, 0.25) is 0 Å². The third-order valence-electron chi connectivity index (χ3n) is 3.93. The lowest BCUT2D eigenvalue weighted by Crippen LogP contribution is -2.40. The van der Waals surface area contributed by atoms with Crippen LogP contribution in [0.5, 0.6) is 0 Å². The van der Waals surface area contributed by atoms with E-state index < -0.39 is 5.60 Å². The van der Waals surface area contributed by atoms with E-state index in [1.165, 1.54) is 11.1 Å². The summed E-state index contributed by atoms with van der Waals surface area (Å²) in [4.78, 5) is 0. The summed E-state index contributed by atoms with van der Waals surface area (Å²) in [6.45, 7) is 8.83. The molecular formula is C17H28N2O. The second kappa shape index (κ2) is 6.70. The van der Waals surface area contributed by atoms with E-state index in [1.54, 1.807) is 0 Å². The fourth-order valence-electron chi connectivity index (χ4n) is 3.17. The average Bonchev–Trinajstić information content (AvgIpc) is 2.57. The number of hydrogen-bond donors (Lipinski definition) is 3. The van der Waals surface area contributed by atoms with E-state index in [0.717, 1.165) is 25.9 Å². The summed E-state index contributed by atoms with van der Waals surface area (Å²) in [5.41, 5.74) is 2.10. The van der Waals surface area contributed by atoms with Gasteiger partial charge in [-0.3, -0.25) is 0 Å². The van der Waals surface area contributed by atoms with Crippen LogP contribution < -0.4 is 10.6 Å². The maximum atomic E-state index is 10.5. The van der Waals surface area contributed by atoms with Crippen LogP contribution in [0.1, 0.15) is 50.8 Å². The fourth-order valence-corrected chi connectivity index (χ4v) is 3.17. The molecule has 1 aliphatic rings. The number of hydrogen-bond acceptors (Lipinski definition) is 3. The molecule has 1 aromatic carbocycles. The molecule has 0 bridgehead atoms. The standard InChI is InChI=1S/C17H28N2O/c1-13(2)10-17(3,20)12-19-16-8-9-18-11-14-6-4-5-7-15(14)16/h4-7,13,16,18-20H,8-12H2,1-3H3. The second-order valence-corrected chi connectivity index (χ2v) is 6.69. The van der Waals surface area contributed by atoms with Crippen molar-refractivity contribution in [2.24, 2.45) is 5.92 Å². The van der Waals surface area contributed by atoms with E-state index in [-0.39, 0.29) is 0 Å². The zero-order valence-corrected chi connectivity index (χ0v) is 12.9. The van der Waals surface area contributed by atoms with Crippen LogP contribution in [0, 0.1) is 5.92 Å². The molecule has 0 amide bonds. The Kier molecular flexibility index (Phi) is 5.19. The van der Waals surface area contributed by atoms with Gasteiger partial charge in [0.1, 0.15) is 0 Å². The number of fused-ring (bicyclic) bond motifs is 1. The van der Waals surface area contributed by atoms with Crippen LogP contribution in [0.25, 0.3) is 0 Å². The van der Waals surface area contributed by atoms with Gasteiger partial charge in [-0.05, 0) is 43.4 Å². The van der Waals surface area contributed by atoms with Gasteiger partial charge in [0.25, 0.3) is 0 Å². The number of nitrogens with one attached hydrogen (secondary N) is 2. The van der Waals surface area contributed by atoms with Gasteiger partial charge in [0.05, 0.1) is 5.60 Å². The lowest BCUT2D eigenvalue weighted by atomic mass is 9.93. The predicted molar refractivity (Wildman–Crippen MR) is 83.6 cm³/mol. The van der Waals surface area contributed by atoms with Crippen molar-refractivity contribution in [1.82, 2.24) is 10.6 Å². The van der Waals surface area contributed by atoms with E-state index in [9.17, 15) is 5.11 Å². The molecule has 3 N–H and O–H groups in total. The molecule has 0 saturated heterocycles. The highest BCUT2D eigenvalue weighted by molar-refractivity contribution is 5.31. The number of benzene rings is 1. The van der Waals surface area contributed by atoms with Crippen molar-refractivity contribution in [3.05, 3.63) is 35.4 Å². The Bertz CT molecular complexity index is 429. The van der Waals surface area contributed by atoms with Crippen LogP contribution >= 0.6 is 0 Å². The summed E-state index contributed by atoms with van der Waals surface area (Å²) >= 11 is 0. The molecule has 3 heteroatoms. The zero-order chi connectivity index (χ0) is 14.6. The highest BCUT2D eigenvalue weighted by atomic mass is 16.3. The Balaban J connectivity index is 2.02. The SMILES string of the molecule is CC(C)CC(C)(O)CNC1CCNCc2ccccc21. The van der Waals surface area contributed by atoms with Crippen LogP contribution in [-0.2, 0) is 6.54 Å². The van der Waals surface area contributed by atoms with Crippen molar-refractivity contribution in [1.29, 1.82) is 0 Å². The Labute approximate surface area is 122 Å². The summed E-state index contributed by atoms with van der Waals surface area (Å²) in [5.74, 6) is 0.509. The molecule has 0 aromatic heterocycles. The first kappa shape index (κ1) is 15.5. The number of rotatable bonds is 5. The van der Waals surface area contributed by atoms with Gasteiger partial charge in [-0.15, -0.1) is 0 Å². The summed E-state index contributed by atoms with van der Waals surface area (Å²) in [5, 5.41) is 17.5. The lowest BCUT2D eigenvalue weighted by Gasteiger charge is -2.29. The Morgan fingerprint density at radius 1 is 1.40 bits per heavy atom. The first-order valence-corrected chi connectivity index (χ1v) is 7.72. The predicted octanol–water partition coefficient (Wildman–Crippen LogP) is 2.61. The van der Waals surface area contributed by atoms with Gasteiger partial charge in [0, 0.05) is 19.1 Å². The largest absolute Gasteiger partial charge is 0.389 e. The smallest absolute Gasteiger partial charge is 0.0746 e. The lowest BCUT2D eigenvalue weighted by molar-refractivity contribution is 0.0356. The van der Waals surface area contributed by atoms with Crippen molar-refractivity contribution in [3.8, 4) is 0 Å². The normalized spacial score (nSPS) is 22.1. The Morgan fingerprint density at radius 2 is 2.15 bits per heavy atom.